The van der Waals surface area contributed by atoms with E-state index in [2.05, 4.69) is 22.0 Å². The molecule has 5 nitrogen and oxygen atoms in total. The summed E-state index contributed by atoms with van der Waals surface area (Å²) in [6.07, 6.45) is 3.79. The molecule has 1 saturated heterocycles. The Kier molecular flexibility index (Phi) is 6.26. The van der Waals surface area contributed by atoms with E-state index in [1.54, 1.807) is 0 Å². The van der Waals surface area contributed by atoms with Gasteiger partial charge in [-0.3, -0.25) is 14.6 Å². The molecule has 1 atom stereocenters. The van der Waals surface area contributed by atoms with Crippen molar-refractivity contribution in [3.05, 3.63) is 0 Å². The van der Waals surface area contributed by atoms with E-state index in [4.69, 9.17) is 4.74 Å². The van der Waals surface area contributed by atoms with Crippen molar-refractivity contribution in [3.8, 4) is 0 Å². The number of ether oxygens (including phenoxy) is 1. The molecule has 0 radical (unpaired) electrons. The molecule has 5 heteroatoms. The fraction of sp³-hybridized carbons (Fsp3) is 0.933. The highest BCUT2D eigenvalue weighted by molar-refractivity contribution is 5.76. The third-order valence-corrected chi connectivity index (χ3v) is 4.12. The number of nitrogens with zero attached hydrogens (tertiary/aromatic N) is 2. The fourth-order valence-electron chi connectivity index (χ4n) is 2.79. The fourth-order valence-corrected chi connectivity index (χ4v) is 2.79. The minimum atomic E-state index is -0.178. The average molecular weight is 283 g/mol. The number of nitrogens with one attached hydrogen (secondary N) is 1. The summed E-state index contributed by atoms with van der Waals surface area (Å²) in [5.41, 5.74) is 0. The number of hydrogen-bond donors (Lipinski definition) is 1. The van der Waals surface area contributed by atoms with Gasteiger partial charge in [0.15, 0.2) is 0 Å². The van der Waals surface area contributed by atoms with E-state index in [0.29, 0.717) is 6.61 Å². The van der Waals surface area contributed by atoms with E-state index in [1.165, 1.54) is 12.8 Å². The molecule has 0 aromatic carbocycles. The van der Waals surface area contributed by atoms with Crippen LogP contribution < -0.4 is 5.32 Å². The zero-order valence-electron chi connectivity index (χ0n) is 12.9. The minimum Gasteiger partial charge on any atom is -0.465 e. The van der Waals surface area contributed by atoms with Gasteiger partial charge >= 0.3 is 5.97 Å². The molecule has 1 heterocycles. The minimum absolute atomic E-state index is 0.106. The van der Waals surface area contributed by atoms with Gasteiger partial charge in [-0.1, -0.05) is 6.92 Å². The molecule has 1 saturated carbocycles. The van der Waals surface area contributed by atoms with Gasteiger partial charge in [0.1, 0.15) is 6.04 Å². The normalized spacial score (nSPS) is 22.7. The topological polar surface area (TPSA) is 44.8 Å². The average Bonchev–Trinajstić information content (AvgIpc) is 3.29. The predicted molar refractivity (Wildman–Crippen MR) is 79.7 cm³/mol. The van der Waals surface area contributed by atoms with Crippen LogP contribution in [0.4, 0.5) is 0 Å². The van der Waals surface area contributed by atoms with Gasteiger partial charge in [0.2, 0.25) is 0 Å². The third-order valence-electron chi connectivity index (χ3n) is 4.12. The highest BCUT2D eigenvalue weighted by Crippen LogP contribution is 2.27. The third kappa shape index (κ3) is 4.72. The lowest BCUT2D eigenvalue weighted by Gasteiger charge is -2.36. The van der Waals surface area contributed by atoms with E-state index in [9.17, 15) is 4.79 Å². The largest absolute Gasteiger partial charge is 0.465 e. The van der Waals surface area contributed by atoms with Crippen LogP contribution in [-0.2, 0) is 9.53 Å². The van der Waals surface area contributed by atoms with Crippen molar-refractivity contribution in [2.45, 2.75) is 45.2 Å². The summed E-state index contributed by atoms with van der Waals surface area (Å²) in [7, 11) is 0. The van der Waals surface area contributed by atoms with Crippen LogP contribution >= 0.6 is 0 Å². The Bertz CT molecular complexity index is 299. The van der Waals surface area contributed by atoms with Crippen LogP contribution in [-0.4, -0.2) is 73.7 Å². The lowest BCUT2D eigenvalue weighted by molar-refractivity contribution is -0.146. The van der Waals surface area contributed by atoms with Crippen LogP contribution in [0, 0.1) is 0 Å². The molecule has 1 aliphatic heterocycles. The van der Waals surface area contributed by atoms with Crippen molar-refractivity contribution in [2.75, 3.05) is 45.9 Å². The quantitative estimate of drug-likeness (QED) is 0.664. The second-order valence-corrected chi connectivity index (χ2v) is 5.83. The molecule has 1 aliphatic carbocycles. The first kappa shape index (κ1) is 15.7. The SMILES string of the molecule is CCCNC(CN1CCN(C2CC2)CC1)C(=O)OCC. The van der Waals surface area contributed by atoms with Crippen molar-refractivity contribution in [2.24, 2.45) is 0 Å². The van der Waals surface area contributed by atoms with Crippen LogP contribution in [0.2, 0.25) is 0 Å². The van der Waals surface area contributed by atoms with Crippen molar-refractivity contribution >= 4 is 5.97 Å². The predicted octanol–water partition coefficient (Wildman–Crippen LogP) is 0.698. The molecule has 0 aromatic heterocycles. The molecule has 1 unspecified atom stereocenters. The maximum atomic E-state index is 12.0. The monoisotopic (exact) mass is 283 g/mol. The van der Waals surface area contributed by atoms with Crippen molar-refractivity contribution in [1.29, 1.82) is 0 Å². The summed E-state index contributed by atoms with van der Waals surface area (Å²) in [5.74, 6) is -0.106. The standard InChI is InChI=1S/C15H29N3O2/c1-3-7-16-14(15(19)20-4-2)12-17-8-10-18(11-9-17)13-5-6-13/h13-14,16H,3-12H2,1-2H3. The number of piperazine rings is 1. The van der Waals surface area contributed by atoms with Gasteiger partial charge in [-0.15, -0.1) is 0 Å². The van der Waals surface area contributed by atoms with Crippen LogP contribution in [0.3, 0.4) is 0 Å². The summed E-state index contributed by atoms with van der Waals surface area (Å²) >= 11 is 0. The second kappa shape index (κ2) is 7.96. The van der Waals surface area contributed by atoms with Crippen LogP contribution in [0.1, 0.15) is 33.1 Å². The first-order valence-electron chi connectivity index (χ1n) is 8.11. The summed E-state index contributed by atoms with van der Waals surface area (Å²) in [6.45, 7) is 10.5. The molecule has 116 valence electrons. The van der Waals surface area contributed by atoms with Crippen molar-refractivity contribution in [3.63, 3.8) is 0 Å². The number of hydrogen-bond acceptors (Lipinski definition) is 5. The molecule has 2 rings (SSSR count). The number of rotatable bonds is 8. The van der Waals surface area contributed by atoms with Crippen molar-refractivity contribution in [1.82, 2.24) is 15.1 Å². The van der Waals surface area contributed by atoms with Gasteiger partial charge in [0.05, 0.1) is 6.61 Å². The van der Waals surface area contributed by atoms with Crippen LogP contribution in [0.5, 0.6) is 0 Å². The maximum absolute atomic E-state index is 12.0. The lowest BCUT2D eigenvalue weighted by atomic mass is 10.2. The number of esters is 1. The molecule has 20 heavy (non-hydrogen) atoms. The Morgan fingerprint density at radius 2 is 1.95 bits per heavy atom. The van der Waals surface area contributed by atoms with E-state index < -0.39 is 0 Å². The smallest absolute Gasteiger partial charge is 0.324 e. The highest BCUT2D eigenvalue weighted by Gasteiger charge is 2.32. The van der Waals surface area contributed by atoms with E-state index >= 15 is 0 Å². The summed E-state index contributed by atoms with van der Waals surface area (Å²) < 4.78 is 5.17. The van der Waals surface area contributed by atoms with E-state index in [0.717, 1.165) is 51.7 Å². The molecule has 0 bridgehead atoms. The Labute approximate surface area is 122 Å². The van der Waals surface area contributed by atoms with Gasteiger partial charge in [-0.2, -0.15) is 0 Å². The maximum Gasteiger partial charge on any atom is 0.324 e. The Balaban J connectivity index is 1.76. The Hall–Kier alpha value is -0.650. The lowest BCUT2D eigenvalue weighted by Crippen LogP contribution is -2.53. The van der Waals surface area contributed by atoms with Crippen LogP contribution in [0.25, 0.3) is 0 Å². The first-order valence-corrected chi connectivity index (χ1v) is 8.11. The number of carbonyl (C=O) groups is 1. The van der Waals surface area contributed by atoms with Crippen molar-refractivity contribution < 1.29 is 9.53 Å². The highest BCUT2D eigenvalue weighted by atomic mass is 16.5. The zero-order valence-corrected chi connectivity index (χ0v) is 12.9. The summed E-state index contributed by atoms with van der Waals surface area (Å²) in [5, 5.41) is 3.32. The Morgan fingerprint density at radius 1 is 1.25 bits per heavy atom. The molecule has 0 aromatic rings. The molecule has 2 fully saturated rings. The molecular formula is C15H29N3O2. The van der Waals surface area contributed by atoms with E-state index in [1.807, 2.05) is 6.92 Å². The van der Waals surface area contributed by atoms with Crippen LogP contribution in [0.15, 0.2) is 0 Å². The summed E-state index contributed by atoms with van der Waals surface area (Å²) in [4.78, 5) is 17.0. The molecular weight excluding hydrogens is 254 g/mol. The second-order valence-electron chi connectivity index (χ2n) is 5.83. The summed E-state index contributed by atoms with van der Waals surface area (Å²) in [6, 6.07) is 0.679. The molecule has 0 amide bonds. The van der Waals surface area contributed by atoms with E-state index in [-0.39, 0.29) is 12.0 Å². The van der Waals surface area contributed by atoms with Gasteiger partial charge in [0.25, 0.3) is 0 Å². The zero-order chi connectivity index (χ0) is 14.4. The van der Waals surface area contributed by atoms with Gasteiger partial charge < -0.3 is 10.1 Å². The van der Waals surface area contributed by atoms with Gasteiger partial charge in [0, 0.05) is 38.8 Å². The number of carbonyl (C=O) groups excluding carboxylic acids is 1. The first-order chi connectivity index (χ1) is 9.74. The molecule has 1 N–H and O–H groups in total. The van der Waals surface area contributed by atoms with Gasteiger partial charge in [-0.05, 0) is 32.7 Å². The molecule has 2 aliphatic rings. The molecule has 0 spiro atoms. The van der Waals surface area contributed by atoms with Gasteiger partial charge in [-0.25, -0.2) is 0 Å². The Morgan fingerprint density at radius 3 is 2.50 bits per heavy atom.